The molecule has 1 fully saturated rings. The first-order chi connectivity index (χ1) is 17.2. The van der Waals surface area contributed by atoms with Crippen molar-refractivity contribution in [2.24, 2.45) is 0 Å². The molecule has 36 heavy (non-hydrogen) atoms. The Hall–Kier alpha value is -3.57. The number of carbonyl (C=O) groups excluding carboxylic acids is 1. The van der Waals surface area contributed by atoms with E-state index < -0.39 is 42.0 Å². The number of rotatable bonds is 7. The summed E-state index contributed by atoms with van der Waals surface area (Å²) in [4.78, 5) is 22.5. The van der Waals surface area contributed by atoms with Crippen LogP contribution in [0.4, 0.5) is 23.4 Å². The van der Waals surface area contributed by atoms with Crippen molar-refractivity contribution >= 4 is 11.7 Å². The quantitative estimate of drug-likeness (QED) is 0.461. The Labute approximate surface area is 204 Å². The van der Waals surface area contributed by atoms with E-state index in [0.29, 0.717) is 11.6 Å². The summed E-state index contributed by atoms with van der Waals surface area (Å²) in [5.41, 5.74) is 0.391. The van der Waals surface area contributed by atoms with Crippen LogP contribution >= 0.6 is 0 Å². The molecular formula is C25H24F4N4O3. The molecule has 2 N–H and O–H groups in total. The van der Waals surface area contributed by atoms with E-state index in [1.54, 1.807) is 24.0 Å². The fourth-order valence-corrected chi connectivity index (χ4v) is 4.10. The first kappa shape index (κ1) is 25.5. The van der Waals surface area contributed by atoms with Gasteiger partial charge in [-0.2, -0.15) is 0 Å². The highest BCUT2D eigenvalue weighted by molar-refractivity contribution is 5.93. The molecule has 1 aromatic carbocycles. The molecule has 0 aliphatic carbocycles. The number of alkyl halides is 2. The third-order valence-electron chi connectivity index (χ3n) is 6.16. The van der Waals surface area contributed by atoms with Crippen LogP contribution in [-0.2, 0) is 11.4 Å². The van der Waals surface area contributed by atoms with Gasteiger partial charge in [0.2, 0.25) is 5.91 Å². The molecule has 2 aromatic heterocycles. The topological polar surface area (TPSA) is 87.6 Å². The zero-order valence-corrected chi connectivity index (χ0v) is 19.3. The van der Waals surface area contributed by atoms with Gasteiger partial charge >= 0.3 is 0 Å². The molecule has 11 heteroatoms. The third kappa shape index (κ3) is 5.63. The minimum absolute atomic E-state index is 0.00221. The van der Waals surface area contributed by atoms with Gasteiger partial charge < -0.3 is 15.2 Å². The van der Waals surface area contributed by atoms with Crippen molar-refractivity contribution in [2.45, 2.75) is 37.8 Å². The van der Waals surface area contributed by atoms with Gasteiger partial charge in [-0.25, -0.2) is 22.5 Å². The Kier molecular flexibility index (Phi) is 7.51. The molecule has 0 spiro atoms. The SMILES string of the molecule is CC(C(=O)Nc1ccc(Oc2c(F)cc(F)cc2CO)cn1)N1CCC(F)(F)C(c2ccncc2)C1. The van der Waals surface area contributed by atoms with Gasteiger partial charge in [-0.1, -0.05) is 0 Å². The number of pyridine rings is 2. The average Bonchev–Trinajstić information content (AvgIpc) is 2.86. The molecule has 1 aliphatic heterocycles. The van der Waals surface area contributed by atoms with Crippen LogP contribution in [0.25, 0.3) is 0 Å². The van der Waals surface area contributed by atoms with Crippen LogP contribution in [0.2, 0.25) is 0 Å². The molecule has 1 aliphatic rings. The largest absolute Gasteiger partial charge is 0.452 e. The van der Waals surface area contributed by atoms with E-state index in [-0.39, 0.29) is 42.4 Å². The summed E-state index contributed by atoms with van der Waals surface area (Å²) in [6.07, 6.45) is 3.78. The van der Waals surface area contributed by atoms with E-state index in [1.807, 2.05) is 0 Å². The summed E-state index contributed by atoms with van der Waals surface area (Å²) in [5.74, 6) is -6.28. The number of likely N-dealkylation sites (tertiary alicyclic amines) is 1. The van der Waals surface area contributed by atoms with Crippen molar-refractivity contribution in [3.05, 3.63) is 77.8 Å². The molecule has 0 saturated carbocycles. The van der Waals surface area contributed by atoms with Gasteiger partial charge in [0.25, 0.3) is 5.92 Å². The summed E-state index contributed by atoms with van der Waals surface area (Å²) in [6.45, 7) is 1.06. The average molecular weight is 504 g/mol. The Bertz CT molecular complexity index is 1210. The maximum atomic E-state index is 14.6. The lowest BCUT2D eigenvalue weighted by atomic mass is 9.87. The van der Waals surface area contributed by atoms with Crippen LogP contribution in [0.1, 0.15) is 30.4 Å². The number of nitrogens with one attached hydrogen (secondary N) is 1. The number of hydrogen-bond donors (Lipinski definition) is 2. The number of aliphatic hydroxyl groups excluding tert-OH is 1. The summed E-state index contributed by atoms with van der Waals surface area (Å²) in [5, 5.41) is 12.0. The zero-order valence-electron chi connectivity index (χ0n) is 19.3. The first-order valence-electron chi connectivity index (χ1n) is 11.2. The van der Waals surface area contributed by atoms with E-state index in [0.717, 1.165) is 6.07 Å². The molecule has 1 saturated heterocycles. The van der Waals surface area contributed by atoms with Crippen molar-refractivity contribution in [1.82, 2.24) is 14.9 Å². The van der Waals surface area contributed by atoms with Gasteiger partial charge in [-0.05, 0) is 42.8 Å². The standard InChI is InChI=1S/C25H24F4N4O3/c1-15(33-9-6-25(28,29)20(13-33)16-4-7-30-8-5-16)24(35)32-22-3-2-19(12-31-22)36-23-17(14-34)10-18(26)11-21(23)27/h2-5,7-8,10-12,15,20,34H,6,9,13-14H2,1H3,(H,31,32,35). The maximum absolute atomic E-state index is 14.6. The number of carbonyl (C=O) groups is 1. The zero-order chi connectivity index (χ0) is 25.9. The monoisotopic (exact) mass is 504 g/mol. The van der Waals surface area contributed by atoms with Crippen LogP contribution in [0, 0.1) is 11.6 Å². The number of anilines is 1. The van der Waals surface area contributed by atoms with Crippen LogP contribution < -0.4 is 10.1 Å². The Morgan fingerprint density at radius 3 is 2.67 bits per heavy atom. The second kappa shape index (κ2) is 10.6. The molecule has 1 amide bonds. The number of ether oxygens (including phenoxy) is 1. The Balaban J connectivity index is 1.40. The van der Waals surface area contributed by atoms with E-state index in [9.17, 15) is 27.5 Å². The van der Waals surface area contributed by atoms with E-state index in [2.05, 4.69) is 15.3 Å². The molecule has 3 heterocycles. The van der Waals surface area contributed by atoms with Crippen molar-refractivity contribution in [3.8, 4) is 11.5 Å². The molecule has 0 bridgehead atoms. The van der Waals surface area contributed by atoms with Crippen molar-refractivity contribution in [3.63, 3.8) is 0 Å². The number of nitrogens with zero attached hydrogens (tertiary/aromatic N) is 3. The molecule has 190 valence electrons. The van der Waals surface area contributed by atoms with Gasteiger partial charge in [0.05, 0.1) is 24.8 Å². The molecule has 0 radical (unpaired) electrons. The fraction of sp³-hybridized carbons (Fsp3) is 0.320. The van der Waals surface area contributed by atoms with Crippen molar-refractivity contribution < 1.29 is 32.2 Å². The van der Waals surface area contributed by atoms with Crippen LogP contribution in [0.15, 0.2) is 55.0 Å². The first-order valence-corrected chi connectivity index (χ1v) is 11.2. The molecule has 4 rings (SSSR count). The van der Waals surface area contributed by atoms with E-state index >= 15 is 0 Å². The fourth-order valence-electron chi connectivity index (χ4n) is 4.10. The maximum Gasteiger partial charge on any atom is 0.257 e. The lowest BCUT2D eigenvalue weighted by Gasteiger charge is -2.40. The smallest absolute Gasteiger partial charge is 0.257 e. The molecule has 2 unspecified atom stereocenters. The predicted octanol–water partition coefficient (Wildman–Crippen LogP) is 4.49. The minimum atomic E-state index is -2.90. The third-order valence-corrected chi connectivity index (χ3v) is 6.16. The second-order valence-corrected chi connectivity index (χ2v) is 8.52. The predicted molar refractivity (Wildman–Crippen MR) is 123 cm³/mol. The number of halogens is 4. The lowest BCUT2D eigenvalue weighted by molar-refractivity contribution is -0.125. The van der Waals surface area contributed by atoms with Gasteiger partial charge in [0.15, 0.2) is 11.6 Å². The van der Waals surface area contributed by atoms with Crippen LogP contribution in [0.5, 0.6) is 11.5 Å². The molecular weight excluding hydrogens is 480 g/mol. The second-order valence-electron chi connectivity index (χ2n) is 8.52. The number of piperidine rings is 1. The van der Waals surface area contributed by atoms with E-state index in [4.69, 9.17) is 4.74 Å². The number of hydrogen-bond acceptors (Lipinski definition) is 6. The van der Waals surface area contributed by atoms with Gasteiger partial charge in [0, 0.05) is 43.5 Å². The summed E-state index contributed by atoms with van der Waals surface area (Å²) in [6, 6.07) is 6.83. The van der Waals surface area contributed by atoms with Crippen LogP contribution in [-0.4, -0.2) is 50.9 Å². The van der Waals surface area contributed by atoms with Gasteiger partial charge in [-0.3, -0.25) is 14.7 Å². The number of aliphatic hydroxyl groups is 1. The van der Waals surface area contributed by atoms with Gasteiger partial charge in [-0.15, -0.1) is 0 Å². The van der Waals surface area contributed by atoms with Crippen LogP contribution in [0.3, 0.4) is 0 Å². The van der Waals surface area contributed by atoms with E-state index in [1.165, 1.54) is 30.7 Å². The number of amides is 1. The highest BCUT2D eigenvalue weighted by Gasteiger charge is 2.46. The molecule has 2 atom stereocenters. The lowest BCUT2D eigenvalue weighted by Crippen LogP contribution is -2.52. The minimum Gasteiger partial charge on any atom is -0.452 e. The van der Waals surface area contributed by atoms with Crippen molar-refractivity contribution in [1.29, 1.82) is 0 Å². The number of benzene rings is 1. The van der Waals surface area contributed by atoms with Crippen molar-refractivity contribution in [2.75, 3.05) is 18.4 Å². The Morgan fingerprint density at radius 1 is 1.25 bits per heavy atom. The summed E-state index contributed by atoms with van der Waals surface area (Å²) >= 11 is 0. The highest BCUT2D eigenvalue weighted by atomic mass is 19.3. The number of aromatic nitrogens is 2. The molecule has 7 nitrogen and oxygen atoms in total. The molecule has 3 aromatic rings. The summed E-state index contributed by atoms with van der Waals surface area (Å²) in [7, 11) is 0. The highest BCUT2D eigenvalue weighted by Crippen LogP contribution is 2.40. The normalized spacial score (nSPS) is 18.4. The Morgan fingerprint density at radius 2 is 2.00 bits per heavy atom. The summed E-state index contributed by atoms with van der Waals surface area (Å²) < 4.78 is 62.0. The van der Waals surface area contributed by atoms with Gasteiger partial charge in [0.1, 0.15) is 17.4 Å².